The molecule has 2 aromatic rings. The van der Waals surface area contributed by atoms with Crippen molar-refractivity contribution in [3.05, 3.63) is 54.1 Å². The number of piperidine rings is 1. The van der Waals surface area contributed by atoms with Crippen LogP contribution in [0.4, 0.5) is 21.9 Å². The second kappa shape index (κ2) is 13.6. The van der Waals surface area contributed by atoms with Crippen LogP contribution in [0.3, 0.4) is 0 Å². The molecule has 0 bridgehead atoms. The second-order valence-corrected chi connectivity index (χ2v) is 14.0. The molecule has 2 unspecified atom stereocenters. The lowest BCUT2D eigenvalue weighted by molar-refractivity contribution is -0.134. The number of urea groups is 1. The number of amides is 4. The summed E-state index contributed by atoms with van der Waals surface area (Å²) in [6, 6.07) is 16.3. The van der Waals surface area contributed by atoms with Gasteiger partial charge in [-0.3, -0.25) is 14.5 Å². The van der Waals surface area contributed by atoms with E-state index in [4.69, 9.17) is 9.47 Å². The van der Waals surface area contributed by atoms with Gasteiger partial charge in [0.2, 0.25) is 11.8 Å². The lowest BCUT2D eigenvalue weighted by atomic mass is 9.98. The van der Waals surface area contributed by atoms with Crippen LogP contribution in [0.1, 0.15) is 37.7 Å². The highest BCUT2D eigenvalue weighted by Gasteiger charge is 2.46. The van der Waals surface area contributed by atoms with Crippen LogP contribution in [0.25, 0.3) is 0 Å². The third-order valence-electron chi connectivity index (χ3n) is 10.0. The van der Waals surface area contributed by atoms with Crippen molar-refractivity contribution >= 4 is 46.7 Å². The van der Waals surface area contributed by atoms with Crippen LogP contribution in [0.2, 0.25) is 0 Å². The van der Waals surface area contributed by atoms with Crippen molar-refractivity contribution in [2.24, 2.45) is 5.92 Å². The van der Waals surface area contributed by atoms with Crippen molar-refractivity contribution in [1.82, 2.24) is 9.80 Å². The van der Waals surface area contributed by atoms with Crippen molar-refractivity contribution in [2.45, 2.75) is 55.2 Å². The van der Waals surface area contributed by atoms with Gasteiger partial charge in [0.1, 0.15) is 0 Å². The monoisotopic (exact) mass is 633 g/mol. The predicted octanol–water partition coefficient (Wildman–Crippen LogP) is 4.20. The van der Waals surface area contributed by atoms with Crippen LogP contribution in [-0.4, -0.2) is 103 Å². The number of anilines is 3. The number of ether oxygens (including phenoxy) is 2. The fourth-order valence-electron chi connectivity index (χ4n) is 7.40. The smallest absolute Gasteiger partial charge is 0.322 e. The van der Waals surface area contributed by atoms with Crippen LogP contribution in [0, 0.1) is 5.92 Å². The molecule has 5 heterocycles. The summed E-state index contributed by atoms with van der Waals surface area (Å²) in [6.45, 7) is 6.47. The maximum Gasteiger partial charge on any atom is 0.322 e. The van der Waals surface area contributed by atoms with E-state index in [1.807, 2.05) is 32.9 Å². The summed E-state index contributed by atoms with van der Waals surface area (Å²) in [5.41, 5.74) is 4.08. The Kier molecular flexibility index (Phi) is 9.18. The van der Waals surface area contributed by atoms with Gasteiger partial charge in [0, 0.05) is 75.5 Å². The zero-order valence-electron chi connectivity index (χ0n) is 25.8. The maximum atomic E-state index is 14.0. The Morgan fingerprint density at radius 2 is 1.51 bits per heavy atom. The first kappa shape index (κ1) is 30.4. The second-order valence-electron chi connectivity index (χ2n) is 12.6. The summed E-state index contributed by atoms with van der Waals surface area (Å²) in [7, 11) is 0. The van der Waals surface area contributed by atoms with Gasteiger partial charge in [-0.15, -0.1) is 11.8 Å². The molecule has 1 N–H and O–H groups in total. The number of hydrogen-bond acceptors (Lipinski definition) is 7. The van der Waals surface area contributed by atoms with Crippen LogP contribution in [-0.2, 0) is 25.5 Å². The highest BCUT2D eigenvalue weighted by atomic mass is 32.2. The van der Waals surface area contributed by atoms with Crippen molar-refractivity contribution in [3.63, 3.8) is 0 Å². The Hall–Kier alpha value is -3.28. The van der Waals surface area contributed by atoms with E-state index >= 15 is 0 Å². The van der Waals surface area contributed by atoms with Crippen LogP contribution >= 0.6 is 11.8 Å². The zero-order chi connectivity index (χ0) is 30.8. The van der Waals surface area contributed by atoms with Crippen molar-refractivity contribution in [3.8, 4) is 0 Å². The van der Waals surface area contributed by atoms with Gasteiger partial charge in [0.25, 0.3) is 0 Å². The molecule has 2 aromatic carbocycles. The normalized spacial score (nSPS) is 25.2. The molecular weight excluding hydrogens is 590 g/mol. The summed E-state index contributed by atoms with van der Waals surface area (Å²) in [4.78, 5) is 48.8. The first-order chi connectivity index (χ1) is 22.0. The number of hydrogen-bond donors (Lipinski definition) is 1. The van der Waals surface area contributed by atoms with E-state index in [2.05, 4.69) is 40.5 Å². The quantitative estimate of drug-likeness (QED) is 0.510. The molecule has 0 aliphatic carbocycles. The molecule has 7 rings (SSSR count). The molecule has 0 spiro atoms. The number of carbonyl (C=O) groups is 3. The number of carbonyl (C=O) groups excluding carboxylic acids is 3. The first-order valence-corrected chi connectivity index (χ1v) is 17.4. The topological polar surface area (TPSA) is 94.7 Å². The van der Waals surface area contributed by atoms with E-state index < -0.39 is 5.25 Å². The van der Waals surface area contributed by atoms with Gasteiger partial charge in [-0.1, -0.05) is 18.2 Å². The summed E-state index contributed by atoms with van der Waals surface area (Å²) < 4.78 is 11.2. The SMILES string of the molecule is O=C(CC1SC(C2CCOCC2)N(c2ccc(N3CCOCC3)cc2)C1=O)N1CCC(N2CCc3ccccc3NC2=O)CC1. The van der Waals surface area contributed by atoms with E-state index in [9.17, 15) is 14.4 Å². The number of morpholine rings is 1. The van der Waals surface area contributed by atoms with Gasteiger partial charge >= 0.3 is 6.03 Å². The Balaban J connectivity index is 0.987. The molecule has 10 nitrogen and oxygen atoms in total. The molecule has 0 saturated carbocycles. The molecule has 240 valence electrons. The molecule has 4 amide bonds. The largest absolute Gasteiger partial charge is 0.381 e. The number of nitrogens with zero attached hydrogens (tertiary/aromatic N) is 4. The van der Waals surface area contributed by atoms with Gasteiger partial charge in [-0.2, -0.15) is 0 Å². The lowest BCUT2D eigenvalue weighted by Gasteiger charge is -2.38. The summed E-state index contributed by atoms with van der Waals surface area (Å²) in [5.74, 6) is 0.385. The van der Waals surface area contributed by atoms with Crippen molar-refractivity contribution in [2.75, 3.05) is 74.3 Å². The van der Waals surface area contributed by atoms with E-state index in [0.717, 1.165) is 81.0 Å². The van der Waals surface area contributed by atoms with Gasteiger partial charge < -0.3 is 29.5 Å². The molecular formula is C34H43N5O5S. The number of likely N-dealkylation sites (tertiary alicyclic amines) is 1. The summed E-state index contributed by atoms with van der Waals surface area (Å²) in [6.07, 6.45) is 4.33. The lowest BCUT2D eigenvalue weighted by Crippen LogP contribution is -2.50. The van der Waals surface area contributed by atoms with E-state index in [1.54, 1.807) is 11.8 Å². The van der Waals surface area contributed by atoms with Crippen LogP contribution in [0.15, 0.2) is 48.5 Å². The first-order valence-electron chi connectivity index (χ1n) is 16.5. The van der Waals surface area contributed by atoms with Crippen molar-refractivity contribution in [1.29, 1.82) is 0 Å². The van der Waals surface area contributed by atoms with Crippen LogP contribution < -0.4 is 15.1 Å². The van der Waals surface area contributed by atoms with Crippen LogP contribution in [0.5, 0.6) is 0 Å². The molecule has 4 saturated heterocycles. The molecule has 0 radical (unpaired) electrons. The predicted molar refractivity (Wildman–Crippen MR) is 176 cm³/mol. The average Bonchev–Trinajstić information content (AvgIpc) is 3.31. The summed E-state index contributed by atoms with van der Waals surface area (Å²) >= 11 is 1.66. The molecule has 5 aliphatic rings. The van der Waals surface area contributed by atoms with Gasteiger partial charge in [0.05, 0.1) is 23.8 Å². The fourth-order valence-corrected chi connectivity index (χ4v) is 9.05. The minimum absolute atomic E-state index is 0.00940. The minimum Gasteiger partial charge on any atom is -0.381 e. The van der Waals surface area contributed by atoms with Gasteiger partial charge in [-0.25, -0.2) is 4.79 Å². The Bertz CT molecular complexity index is 1370. The summed E-state index contributed by atoms with van der Waals surface area (Å²) in [5, 5.41) is 2.66. The molecule has 4 fully saturated rings. The number of thioether (sulfide) groups is 1. The third-order valence-corrected chi connectivity index (χ3v) is 11.6. The molecule has 2 atom stereocenters. The Morgan fingerprint density at radius 3 is 2.27 bits per heavy atom. The Morgan fingerprint density at radius 1 is 0.822 bits per heavy atom. The highest BCUT2D eigenvalue weighted by Crippen LogP contribution is 2.44. The third kappa shape index (κ3) is 6.53. The molecule has 5 aliphatic heterocycles. The number of benzene rings is 2. The number of nitrogens with one attached hydrogen (secondary N) is 1. The fraction of sp³-hybridized carbons (Fsp3) is 0.559. The molecule has 0 aromatic heterocycles. The van der Waals surface area contributed by atoms with Gasteiger partial charge in [0.15, 0.2) is 0 Å². The maximum absolute atomic E-state index is 14.0. The number of fused-ring (bicyclic) bond motifs is 1. The minimum atomic E-state index is -0.406. The van der Waals surface area contributed by atoms with E-state index in [1.165, 1.54) is 0 Å². The van der Waals surface area contributed by atoms with Crippen molar-refractivity contribution < 1.29 is 23.9 Å². The number of para-hydroxylation sites is 1. The average molecular weight is 634 g/mol. The highest BCUT2D eigenvalue weighted by molar-refractivity contribution is 8.02. The molecule has 11 heteroatoms. The molecule has 45 heavy (non-hydrogen) atoms. The standard InChI is InChI=1S/C34H43N5O5S/c40-31(37-14-10-27(11-15-37)38-16-9-24-3-1-2-4-29(24)35-34(38)42)23-30-32(41)39(33(45-30)25-12-19-43-20-13-25)28-7-5-26(6-8-28)36-17-21-44-22-18-36/h1-8,25,27,30,33H,9-23H2,(H,35,42). The van der Waals surface area contributed by atoms with E-state index in [-0.39, 0.29) is 35.7 Å². The van der Waals surface area contributed by atoms with Gasteiger partial charge in [-0.05, 0) is 73.9 Å². The Labute approximate surface area is 269 Å². The number of rotatable bonds is 6. The zero-order valence-corrected chi connectivity index (χ0v) is 26.6. The van der Waals surface area contributed by atoms with E-state index in [0.29, 0.717) is 38.8 Å².